The third-order valence-electron chi connectivity index (χ3n) is 10.7. The molecule has 278 valence electrons. The lowest BCUT2D eigenvalue weighted by Gasteiger charge is -2.35. The molecule has 0 saturated carbocycles. The van der Waals surface area contributed by atoms with Crippen LogP contribution in [0, 0.1) is 17.1 Å². The summed E-state index contributed by atoms with van der Waals surface area (Å²) in [4.78, 5) is 40.6. The van der Waals surface area contributed by atoms with Gasteiger partial charge in [0, 0.05) is 76.2 Å². The van der Waals surface area contributed by atoms with Gasteiger partial charge in [-0.3, -0.25) is 19.8 Å². The van der Waals surface area contributed by atoms with E-state index in [1.807, 2.05) is 59.2 Å². The number of hydrogen-bond acceptors (Lipinski definition) is 11. The Kier molecular flexibility index (Phi) is 9.91. The van der Waals surface area contributed by atoms with Crippen LogP contribution in [0.25, 0.3) is 17.0 Å². The quantitative estimate of drug-likeness (QED) is 0.109. The van der Waals surface area contributed by atoms with Crippen molar-refractivity contribution < 1.29 is 14.0 Å². The smallest absolute Gasteiger partial charge is 0.235 e. The number of pyridine rings is 1. The second-order valence-electron chi connectivity index (χ2n) is 14.1. The summed E-state index contributed by atoms with van der Waals surface area (Å²) >= 11 is 0. The van der Waals surface area contributed by atoms with Crippen LogP contribution in [0.3, 0.4) is 0 Å². The lowest BCUT2D eigenvalue weighted by atomic mass is 9.88. The minimum atomic E-state index is -0.635. The van der Waals surface area contributed by atoms with Crippen molar-refractivity contribution in [2.45, 2.75) is 31.7 Å². The molecule has 3 saturated heterocycles. The van der Waals surface area contributed by atoms with Crippen LogP contribution >= 0.6 is 0 Å². The molecule has 0 spiro atoms. The minimum absolute atomic E-state index is 0.0706. The van der Waals surface area contributed by atoms with E-state index in [2.05, 4.69) is 41.7 Å². The van der Waals surface area contributed by atoms with Crippen molar-refractivity contribution in [3.63, 3.8) is 0 Å². The first-order chi connectivity index (χ1) is 26.3. The fourth-order valence-electron chi connectivity index (χ4n) is 7.85. The monoisotopic (exact) mass is 729 g/mol. The molecule has 8 rings (SSSR count). The summed E-state index contributed by atoms with van der Waals surface area (Å²) in [5.41, 5.74) is 5.90. The van der Waals surface area contributed by atoms with Gasteiger partial charge >= 0.3 is 0 Å². The minimum Gasteiger partial charge on any atom is -0.388 e. The zero-order chi connectivity index (χ0) is 37.2. The Morgan fingerprint density at radius 2 is 1.81 bits per heavy atom. The molecule has 0 aliphatic carbocycles. The van der Waals surface area contributed by atoms with E-state index >= 15 is 0 Å². The number of amides is 2. The molecular weight excluding hydrogens is 686 g/mol. The Morgan fingerprint density at radius 3 is 2.63 bits per heavy atom. The van der Waals surface area contributed by atoms with Crippen LogP contribution in [0.2, 0.25) is 0 Å². The Bertz CT molecular complexity index is 2200. The van der Waals surface area contributed by atoms with Crippen LogP contribution in [-0.2, 0) is 9.59 Å². The molecular formula is C40H44FN11O2. The van der Waals surface area contributed by atoms with E-state index in [4.69, 9.17) is 15.5 Å². The topological polar surface area (TPSA) is 147 Å². The van der Waals surface area contributed by atoms with Gasteiger partial charge in [-0.25, -0.2) is 18.9 Å². The van der Waals surface area contributed by atoms with Crippen molar-refractivity contribution >= 4 is 46.2 Å². The molecule has 5 aromatic rings. The number of carbonyl (C=O) groups excluding carboxylic acids is 2. The third kappa shape index (κ3) is 7.21. The van der Waals surface area contributed by atoms with E-state index in [0.717, 1.165) is 104 Å². The summed E-state index contributed by atoms with van der Waals surface area (Å²) in [6.07, 6.45) is 4.38. The number of aromatic nitrogens is 4. The molecule has 6 heterocycles. The number of rotatable bonds is 11. The normalized spacial score (nSPS) is 19.3. The number of hydrogen-bond donors (Lipinski definition) is 4. The summed E-state index contributed by atoms with van der Waals surface area (Å²) in [5.74, 6) is 0.210. The largest absolute Gasteiger partial charge is 0.388 e. The first-order valence-corrected chi connectivity index (χ1v) is 18.6. The van der Waals surface area contributed by atoms with Gasteiger partial charge in [0.2, 0.25) is 11.8 Å². The van der Waals surface area contributed by atoms with Crippen molar-refractivity contribution in [1.82, 2.24) is 29.8 Å². The van der Waals surface area contributed by atoms with Crippen molar-refractivity contribution in [2.75, 3.05) is 73.3 Å². The number of piperazine rings is 1. The molecule has 3 aliphatic rings. The highest BCUT2D eigenvalue weighted by Crippen LogP contribution is 2.36. The predicted molar refractivity (Wildman–Crippen MR) is 208 cm³/mol. The molecule has 2 aromatic carbocycles. The number of imide groups is 1. The molecule has 3 fully saturated rings. The number of fused-ring (bicyclic) bond motifs is 1. The van der Waals surface area contributed by atoms with Gasteiger partial charge in [0.15, 0.2) is 5.65 Å². The molecule has 1 unspecified atom stereocenters. The van der Waals surface area contributed by atoms with Gasteiger partial charge in [-0.1, -0.05) is 18.2 Å². The van der Waals surface area contributed by atoms with Crippen LogP contribution in [0.4, 0.5) is 27.4 Å². The van der Waals surface area contributed by atoms with E-state index in [1.54, 1.807) is 19.2 Å². The van der Waals surface area contributed by atoms with E-state index in [9.17, 15) is 14.0 Å². The highest BCUT2D eigenvalue weighted by Gasteiger charge is 2.32. The number of anilines is 4. The van der Waals surface area contributed by atoms with Gasteiger partial charge < -0.3 is 25.8 Å². The number of carbonyl (C=O) groups is 2. The van der Waals surface area contributed by atoms with Crippen LogP contribution < -0.4 is 25.8 Å². The number of piperidine rings is 1. The van der Waals surface area contributed by atoms with Crippen LogP contribution in [0.15, 0.2) is 79.0 Å². The zero-order valence-corrected chi connectivity index (χ0v) is 30.3. The summed E-state index contributed by atoms with van der Waals surface area (Å²) in [6, 6.07) is 22.8. The van der Waals surface area contributed by atoms with Gasteiger partial charge in [-0.2, -0.15) is 0 Å². The lowest BCUT2D eigenvalue weighted by Crippen LogP contribution is -2.47. The average molecular weight is 730 g/mol. The predicted octanol–water partition coefficient (Wildman–Crippen LogP) is 4.97. The van der Waals surface area contributed by atoms with E-state index in [1.165, 1.54) is 6.07 Å². The fourth-order valence-corrected chi connectivity index (χ4v) is 7.85. The molecule has 3 aliphatic heterocycles. The van der Waals surface area contributed by atoms with E-state index in [-0.39, 0.29) is 29.9 Å². The van der Waals surface area contributed by atoms with Crippen LogP contribution in [0.5, 0.6) is 0 Å². The maximum Gasteiger partial charge on any atom is 0.235 e. The summed E-state index contributed by atoms with van der Waals surface area (Å²) in [5, 5.41) is 22.7. The molecule has 0 radical (unpaired) electrons. The van der Waals surface area contributed by atoms with E-state index in [0.29, 0.717) is 12.0 Å². The highest BCUT2D eigenvalue weighted by molar-refractivity contribution is 6.17. The number of nitrogens with zero attached hydrogens (tertiary/aromatic N) is 7. The van der Waals surface area contributed by atoms with Gasteiger partial charge in [0.05, 0.1) is 29.6 Å². The maximum absolute atomic E-state index is 14.1. The molecule has 2 amide bonds. The van der Waals surface area contributed by atoms with Gasteiger partial charge in [-0.05, 0) is 79.4 Å². The van der Waals surface area contributed by atoms with Crippen LogP contribution in [0.1, 0.15) is 42.9 Å². The first-order valence-electron chi connectivity index (χ1n) is 18.6. The first kappa shape index (κ1) is 35.2. The van der Waals surface area contributed by atoms with Crippen molar-refractivity contribution in [2.24, 2.45) is 5.92 Å². The number of benzene rings is 2. The summed E-state index contributed by atoms with van der Waals surface area (Å²) < 4.78 is 15.9. The SMILES string of the molecule is CNc1cc(NCCN2CCN(c3cccc(-c4cnc5ccc(N6CCC[C@@H]6c6cccc(F)c6)nn45)n3)CC2)ccc1C(=N)C1CCC(=O)NC1=O. The lowest BCUT2D eigenvalue weighted by molar-refractivity contribution is -0.134. The molecule has 13 nitrogen and oxygen atoms in total. The molecule has 14 heteroatoms. The maximum atomic E-state index is 14.1. The van der Waals surface area contributed by atoms with Gasteiger partial charge in [0.1, 0.15) is 23.1 Å². The third-order valence-corrected chi connectivity index (χ3v) is 10.7. The highest BCUT2D eigenvalue weighted by atomic mass is 19.1. The second kappa shape index (κ2) is 15.2. The molecule has 54 heavy (non-hydrogen) atoms. The Hall–Kier alpha value is -5.89. The van der Waals surface area contributed by atoms with Crippen LogP contribution in [-0.4, -0.2) is 94.9 Å². The Balaban J connectivity index is 0.876. The summed E-state index contributed by atoms with van der Waals surface area (Å²) in [6.45, 7) is 5.99. The Morgan fingerprint density at radius 1 is 0.963 bits per heavy atom. The molecule has 3 aromatic heterocycles. The van der Waals surface area contributed by atoms with Crippen molar-refractivity contribution in [3.8, 4) is 11.4 Å². The standard InChI is InChI=1S/C40H44FN11O2/c1-43-32-24-28(10-11-29(32)39(42)30-12-15-38(53)47-40(30)54)44-16-18-49-19-21-50(22-20-49)36-9-3-7-31(46-36)34-25-45-35-13-14-37(48-52(34)35)51-17-4-8-33(51)26-5-2-6-27(41)23-26/h2-3,5-7,9-11,13-14,23-25,30,33,42-44H,4,8,12,15-22H2,1H3,(H,47,53,54)/t30?,33-/m1/s1. The zero-order valence-electron chi connectivity index (χ0n) is 30.3. The van der Waals surface area contributed by atoms with Gasteiger partial charge in [0.25, 0.3) is 0 Å². The molecule has 0 bridgehead atoms. The average Bonchev–Trinajstić information content (AvgIpc) is 3.86. The van der Waals surface area contributed by atoms with Gasteiger partial charge in [-0.15, -0.1) is 5.10 Å². The number of imidazole rings is 1. The van der Waals surface area contributed by atoms with Crippen molar-refractivity contribution in [3.05, 3.63) is 95.9 Å². The van der Waals surface area contributed by atoms with Crippen molar-refractivity contribution in [1.29, 1.82) is 5.41 Å². The molecule has 4 N–H and O–H groups in total. The summed E-state index contributed by atoms with van der Waals surface area (Å²) in [7, 11) is 1.80. The molecule has 2 atom stereocenters. The second-order valence-corrected chi connectivity index (χ2v) is 14.1. The number of halogens is 1. The fraction of sp³-hybridized carbons (Fsp3) is 0.350. The number of nitrogens with one attached hydrogen (secondary N) is 4. The van der Waals surface area contributed by atoms with E-state index < -0.39 is 11.8 Å². The Labute approximate surface area is 313 Å².